The first kappa shape index (κ1) is 22.1. The number of likely N-dealkylation sites (tertiary alicyclic amines) is 2. The summed E-state index contributed by atoms with van der Waals surface area (Å²) in [7, 11) is 0. The first-order chi connectivity index (χ1) is 9.61. The molecular formula is C14H28N2S4Zn+4. The zero-order valence-electron chi connectivity index (χ0n) is 12.9. The van der Waals surface area contributed by atoms with Crippen LogP contribution in [0.15, 0.2) is 0 Å². The van der Waals surface area contributed by atoms with Crippen LogP contribution in [0.5, 0.6) is 0 Å². The normalized spacial score (nSPS) is 19.3. The molecule has 2 aliphatic heterocycles. The van der Waals surface area contributed by atoms with E-state index in [1.165, 1.54) is 51.4 Å². The Kier molecular flexibility index (Phi) is 14.2. The van der Waals surface area contributed by atoms with Crippen LogP contribution in [0.2, 0.25) is 0 Å². The molecule has 0 radical (unpaired) electrons. The third-order valence-corrected chi connectivity index (χ3v) is 4.94. The van der Waals surface area contributed by atoms with Crippen molar-refractivity contribution in [2.45, 2.75) is 51.4 Å². The molecule has 21 heavy (non-hydrogen) atoms. The molecule has 0 saturated carbocycles. The van der Waals surface area contributed by atoms with Gasteiger partial charge in [-0.15, -0.1) is 0 Å². The molecule has 7 heteroatoms. The molecule has 2 heterocycles. The zero-order chi connectivity index (χ0) is 14.8. The van der Waals surface area contributed by atoms with Crippen molar-refractivity contribution in [1.29, 1.82) is 0 Å². The molecule has 2 saturated heterocycles. The van der Waals surface area contributed by atoms with Crippen molar-refractivity contribution < 1.29 is 19.5 Å². The fourth-order valence-corrected chi connectivity index (χ4v) is 3.36. The smallest absolute Gasteiger partial charge is 0.324 e. The van der Waals surface area contributed by atoms with Gasteiger partial charge in [0, 0.05) is 51.4 Å². The molecule has 0 unspecified atom stereocenters. The molecule has 0 amide bonds. The molecule has 0 aliphatic carbocycles. The van der Waals surface area contributed by atoms with Crippen LogP contribution in [0.3, 0.4) is 0 Å². The van der Waals surface area contributed by atoms with Gasteiger partial charge in [-0.2, -0.15) is 0 Å². The van der Waals surface area contributed by atoms with Gasteiger partial charge in [0.15, 0.2) is 0 Å². The second-order valence-corrected chi connectivity index (χ2v) is 7.86. The number of hydrogen-bond donors (Lipinski definition) is 0. The van der Waals surface area contributed by atoms with Gasteiger partial charge in [0.05, 0.1) is 0 Å². The maximum atomic E-state index is 5.02. The van der Waals surface area contributed by atoms with Crippen LogP contribution in [0.4, 0.5) is 0 Å². The minimum atomic E-state index is 0. The van der Waals surface area contributed by atoms with E-state index in [0.717, 1.165) is 34.8 Å². The van der Waals surface area contributed by atoms with E-state index in [2.05, 4.69) is 35.1 Å². The summed E-state index contributed by atoms with van der Waals surface area (Å²) in [5, 5.41) is 0. The van der Waals surface area contributed by atoms with Gasteiger partial charge in [-0.3, -0.25) is 0 Å². The van der Waals surface area contributed by atoms with Gasteiger partial charge in [0.2, 0.25) is 0 Å². The molecule has 2 fully saturated rings. The van der Waals surface area contributed by atoms with Crippen LogP contribution in [-0.4, -0.2) is 44.6 Å². The quantitative estimate of drug-likeness (QED) is 0.339. The Hall–Kier alpha value is 1.10. The average Bonchev–Trinajstić information content (AvgIpc) is 2.84. The molecule has 0 atom stereocenters. The second kappa shape index (κ2) is 13.5. The van der Waals surface area contributed by atoms with E-state index in [4.69, 9.17) is 24.4 Å². The minimum absolute atomic E-state index is 0. The maximum Gasteiger partial charge on any atom is 2.00 e. The molecule has 0 aromatic heterocycles. The standard InChI is InChI=1S/2C7H13NS2.Zn/c2*9-7(10)8-5-3-1-2-4-6-8;/h2*1-6H2,(H,9,10);/q;;+2/p+2. The topological polar surface area (TPSA) is 6.48 Å². The van der Waals surface area contributed by atoms with Crippen molar-refractivity contribution in [2.75, 3.05) is 26.2 Å². The van der Waals surface area contributed by atoms with Crippen LogP contribution in [0, 0.1) is 0 Å². The first-order valence-electron chi connectivity index (χ1n) is 7.62. The van der Waals surface area contributed by atoms with Crippen molar-refractivity contribution in [3.05, 3.63) is 0 Å². The SMILES string of the molecule is S=C([SH2+])N1CCCCCC1.S=C([SH2+])N1CCCCCC1.[Zn+2]. The van der Waals surface area contributed by atoms with Crippen LogP contribution in [0.25, 0.3) is 0 Å². The van der Waals surface area contributed by atoms with Gasteiger partial charge >= 0.3 is 19.5 Å². The summed E-state index contributed by atoms with van der Waals surface area (Å²) in [6.07, 6.45) is 10.7. The van der Waals surface area contributed by atoms with Gasteiger partial charge in [0.1, 0.15) is 0 Å². The summed E-state index contributed by atoms with van der Waals surface area (Å²) in [6, 6.07) is 0. The molecule has 0 aromatic carbocycles. The minimum Gasteiger partial charge on any atom is -0.324 e. The van der Waals surface area contributed by atoms with E-state index in [1.54, 1.807) is 0 Å². The van der Waals surface area contributed by atoms with E-state index < -0.39 is 0 Å². The van der Waals surface area contributed by atoms with Gasteiger partial charge in [-0.25, -0.2) is 0 Å². The summed E-state index contributed by atoms with van der Waals surface area (Å²) in [6.45, 7) is 4.56. The molecule has 0 N–H and O–H groups in total. The van der Waals surface area contributed by atoms with Crippen LogP contribution in [-0.2, 0) is 44.7 Å². The molecule has 116 valence electrons. The zero-order valence-corrected chi connectivity index (χ0v) is 19.5. The third-order valence-electron chi connectivity index (χ3n) is 3.79. The van der Waals surface area contributed by atoms with Crippen LogP contribution < -0.4 is 0 Å². The monoisotopic (exact) mass is 416 g/mol. The van der Waals surface area contributed by atoms with Crippen molar-refractivity contribution >= 4 is 58.3 Å². The predicted octanol–water partition coefficient (Wildman–Crippen LogP) is 2.32. The summed E-state index contributed by atoms with van der Waals surface area (Å²) < 4.78 is 1.75. The van der Waals surface area contributed by atoms with Crippen molar-refractivity contribution in [3.63, 3.8) is 0 Å². The van der Waals surface area contributed by atoms with E-state index in [0.29, 0.717) is 0 Å². The fourth-order valence-electron chi connectivity index (χ4n) is 2.55. The summed E-state index contributed by atoms with van der Waals surface area (Å²) in [4.78, 5) is 4.47. The summed E-state index contributed by atoms with van der Waals surface area (Å²) in [5.74, 6) is 0. The molecule has 2 rings (SSSR count). The second-order valence-electron chi connectivity index (χ2n) is 5.41. The summed E-state index contributed by atoms with van der Waals surface area (Å²) >= 11 is 16.8. The molecule has 2 nitrogen and oxygen atoms in total. The third kappa shape index (κ3) is 10.5. The van der Waals surface area contributed by atoms with E-state index in [-0.39, 0.29) is 19.5 Å². The molecule has 0 spiro atoms. The Labute approximate surface area is 164 Å². The van der Waals surface area contributed by atoms with E-state index in [1.807, 2.05) is 0 Å². The van der Waals surface area contributed by atoms with Gasteiger partial charge in [0.25, 0.3) is 8.64 Å². The number of hydrogen-bond acceptors (Lipinski definition) is 2. The van der Waals surface area contributed by atoms with Crippen LogP contribution in [0.1, 0.15) is 51.4 Å². The predicted molar refractivity (Wildman–Crippen MR) is 106 cm³/mol. The molecule has 0 aromatic rings. The maximum absolute atomic E-state index is 5.02. The average molecular weight is 418 g/mol. The number of rotatable bonds is 0. The largest absolute Gasteiger partial charge is 2.00 e. The van der Waals surface area contributed by atoms with Crippen LogP contribution >= 0.6 is 24.4 Å². The van der Waals surface area contributed by atoms with Gasteiger partial charge < -0.3 is 9.80 Å². The Morgan fingerprint density at radius 2 is 0.810 bits per heavy atom. The Balaban J connectivity index is 0.000000364. The van der Waals surface area contributed by atoms with Crippen molar-refractivity contribution in [1.82, 2.24) is 9.80 Å². The molecule has 2 aliphatic rings. The van der Waals surface area contributed by atoms with E-state index >= 15 is 0 Å². The molecular weight excluding hydrogens is 390 g/mol. The first-order valence-corrected chi connectivity index (χ1v) is 9.44. The number of nitrogens with zero attached hydrogens (tertiary/aromatic N) is 2. The Bertz CT molecular complexity index is 269. The van der Waals surface area contributed by atoms with Crippen molar-refractivity contribution in [3.8, 4) is 0 Å². The Morgan fingerprint density at radius 1 is 0.571 bits per heavy atom. The summed E-state index contributed by atoms with van der Waals surface area (Å²) in [5.41, 5.74) is 0. The van der Waals surface area contributed by atoms with E-state index in [9.17, 15) is 0 Å². The van der Waals surface area contributed by atoms with Gasteiger partial charge in [-0.1, -0.05) is 25.7 Å². The Morgan fingerprint density at radius 3 is 1.00 bits per heavy atom. The van der Waals surface area contributed by atoms with Crippen molar-refractivity contribution in [2.24, 2.45) is 0 Å². The number of thiocarbonyl (C=S) groups is 2. The fraction of sp³-hybridized carbons (Fsp3) is 0.857. The van der Waals surface area contributed by atoms with Gasteiger partial charge in [-0.05, 0) is 50.1 Å². The molecule has 0 bridgehead atoms.